The summed E-state index contributed by atoms with van der Waals surface area (Å²) >= 11 is 0. The summed E-state index contributed by atoms with van der Waals surface area (Å²) in [4.78, 5) is 22.5. The van der Waals surface area contributed by atoms with E-state index in [1.165, 1.54) is 19.2 Å². The molecule has 0 bridgehead atoms. The molecule has 1 saturated heterocycles. The van der Waals surface area contributed by atoms with E-state index in [0.717, 1.165) is 0 Å². The third-order valence-electron chi connectivity index (χ3n) is 2.93. The number of amides is 2. The number of furan rings is 1. The Kier molecular flexibility index (Phi) is 4.21. The number of carbonyl (C=O) groups is 2. The fourth-order valence-electron chi connectivity index (χ4n) is 1.81. The fraction of sp³-hybridized carbons (Fsp3) is 0.455. The van der Waals surface area contributed by atoms with Crippen LogP contribution in [0.1, 0.15) is 18.6 Å². The monoisotopic (exact) mass is 301 g/mol. The van der Waals surface area contributed by atoms with Crippen molar-refractivity contribution in [2.45, 2.75) is 30.5 Å². The maximum atomic E-state index is 11.5. The van der Waals surface area contributed by atoms with E-state index < -0.39 is 16.1 Å². The molecule has 1 atom stereocenters. The molecule has 8 nitrogen and oxygen atoms in total. The molecule has 1 aromatic heterocycles. The Morgan fingerprint density at radius 2 is 2.15 bits per heavy atom. The van der Waals surface area contributed by atoms with Crippen LogP contribution in [0.3, 0.4) is 0 Å². The largest absolute Gasteiger partial charge is 0.447 e. The van der Waals surface area contributed by atoms with E-state index in [2.05, 4.69) is 15.4 Å². The molecule has 1 aliphatic rings. The lowest BCUT2D eigenvalue weighted by Gasteiger charge is -2.21. The third-order valence-corrected chi connectivity index (χ3v) is 4.22. The second kappa shape index (κ2) is 5.73. The first kappa shape index (κ1) is 14.7. The Balaban J connectivity index is 1.95. The van der Waals surface area contributed by atoms with Crippen molar-refractivity contribution >= 4 is 21.8 Å². The maximum Gasteiger partial charge on any atom is 0.273 e. The van der Waals surface area contributed by atoms with Crippen molar-refractivity contribution in [2.24, 2.45) is 0 Å². The van der Waals surface area contributed by atoms with Gasteiger partial charge in [0.15, 0.2) is 0 Å². The van der Waals surface area contributed by atoms with Crippen LogP contribution < -0.4 is 15.4 Å². The van der Waals surface area contributed by atoms with E-state index >= 15 is 0 Å². The smallest absolute Gasteiger partial charge is 0.273 e. The van der Waals surface area contributed by atoms with Crippen LogP contribution in [-0.2, 0) is 26.2 Å². The van der Waals surface area contributed by atoms with Gasteiger partial charge in [-0.05, 0) is 25.6 Å². The molecule has 0 aromatic carbocycles. The highest BCUT2D eigenvalue weighted by molar-refractivity contribution is 7.89. The number of imide groups is 1. The molecule has 9 heteroatoms. The summed E-state index contributed by atoms with van der Waals surface area (Å²) < 4.78 is 30.3. The Morgan fingerprint density at radius 3 is 2.80 bits per heavy atom. The Hall–Kier alpha value is -1.71. The molecular formula is C11H15N3O5S. The first-order valence-corrected chi connectivity index (χ1v) is 7.50. The highest BCUT2D eigenvalue weighted by Gasteiger charge is 2.26. The third kappa shape index (κ3) is 3.24. The van der Waals surface area contributed by atoms with Gasteiger partial charge in [0.2, 0.25) is 16.9 Å². The van der Waals surface area contributed by atoms with Gasteiger partial charge in [0.25, 0.3) is 10.0 Å². The predicted molar refractivity (Wildman–Crippen MR) is 68.0 cm³/mol. The van der Waals surface area contributed by atoms with Gasteiger partial charge in [0.1, 0.15) is 5.76 Å². The summed E-state index contributed by atoms with van der Waals surface area (Å²) in [6, 6.07) is 2.37. The lowest BCUT2D eigenvalue weighted by molar-refractivity contribution is -0.134. The molecule has 1 aliphatic heterocycles. The van der Waals surface area contributed by atoms with Gasteiger partial charge in [-0.25, -0.2) is 13.1 Å². The van der Waals surface area contributed by atoms with E-state index in [1.807, 2.05) is 0 Å². The van der Waals surface area contributed by atoms with Gasteiger partial charge in [-0.15, -0.1) is 0 Å². The number of rotatable bonds is 5. The maximum absolute atomic E-state index is 11.5. The number of carbonyl (C=O) groups excluding carboxylic acids is 2. The van der Waals surface area contributed by atoms with Gasteiger partial charge in [-0.1, -0.05) is 0 Å². The van der Waals surface area contributed by atoms with Crippen LogP contribution in [0.25, 0.3) is 0 Å². The first-order chi connectivity index (χ1) is 9.42. The van der Waals surface area contributed by atoms with Crippen LogP contribution in [0.5, 0.6) is 0 Å². The number of hydrogen-bond donors (Lipinski definition) is 3. The zero-order valence-electron chi connectivity index (χ0n) is 10.8. The normalized spacial score (nSPS) is 19.9. The lowest BCUT2D eigenvalue weighted by atomic mass is 10.1. The summed E-state index contributed by atoms with van der Waals surface area (Å²) in [6.07, 6.45) is 0.688. The molecule has 1 fully saturated rings. The molecule has 110 valence electrons. The zero-order valence-corrected chi connectivity index (χ0v) is 11.6. The Morgan fingerprint density at radius 1 is 1.40 bits per heavy atom. The topological polar surface area (TPSA) is 118 Å². The molecule has 0 saturated carbocycles. The molecular weight excluding hydrogens is 286 g/mol. The zero-order chi connectivity index (χ0) is 14.8. The quantitative estimate of drug-likeness (QED) is 0.606. The molecule has 2 amide bonds. The van der Waals surface area contributed by atoms with Crippen LogP contribution >= 0.6 is 0 Å². The van der Waals surface area contributed by atoms with Crippen molar-refractivity contribution in [1.82, 2.24) is 15.4 Å². The minimum Gasteiger partial charge on any atom is -0.447 e. The number of sulfonamides is 1. The average Bonchev–Trinajstić information content (AvgIpc) is 2.87. The minimum atomic E-state index is -3.61. The molecule has 2 rings (SSSR count). The predicted octanol–water partition coefficient (Wildman–Crippen LogP) is -0.917. The van der Waals surface area contributed by atoms with Crippen molar-refractivity contribution in [1.29, 1.82) is 0 Å². The van der Waals surface area contributed by atoms with E-state index in [-0.39, 0.29) is 29.9 Å². The van der Waals surface area contributed by atoms with Gasteiger partial charge in [0, 0.05) is 6.42 Å². The Labute approximate surface area is 116 Å². The molecule has 1 unspecified atom stereocenters. The van der Waals surface area contributed by atoms with Gasteiger partial charge >= 0.3 is 0 Å². The van der Waals surface area contributed by atoms with Crippen LogP contribution in [0, 0.1) is 0 Å². The van der Waals surface area contributed by atoms with Gasteiger partial charge in [-0.3, -0.25) is 20.2 Å². The summed E-state index contributed by atoms with van der Waals surface area (Å²) in [5, 5.41) is 4.96. The van der Waals surface area contributed by atoms with Gasteiger partial charge in [0.05, 0.1) is 12.6 Å². The van der Waals surface area contributed by atoms with Crippen molar-refractivity contribution in [2.75, 3.05) is 7.05 Å². The average molecular weight is 301 g/mol. The first-order valence-electron chi connectivity index (χ1n) is 6.02. The van der Waals surface area contributed by atoms with Crippen molar-refractivity contribution in [3.8, 4) is 0 Å². The fourth-order valence-corrected chi connectivity index (χ4v) is 2.48. The van der Waals surface area contributed by atoms with Crippen LogP contribution in [0.4, 0.5) is 0 Å². The molecule has 1 aromatic rings. The van der Waals surface area contributed by atoms with Crippen LogP contribution in [0.15, 0.2) is 21.6 Å². The number of hydrogen-bond acceptors (Lipinski definition) is 6. The highest BCUT2D eigenvalue weighted by Crippen LogP contribution is 2.14. The van der Waals surface area contributed by atoms with Gasteiger partial charge < -0.3 is 4.42 Å². The molecule has 20 heavy (non-hydrogen) atoms. The van der Waals surface area contributed by atoms with E-state index in [9.17, 15) is 18.0 Å². The summed E-state index contributed by atoms with van der Waals surface area (Å²) in [5.74, 6) is -0.271. The SMILES string of the molecule is CNS(=O)(=O)c1ccc(CNC2CCC(=O)NC2=O)o1. The second-order valence-corrected chi connectivity index (χ2v) is 6.13. The highest BCUT2D eigenvalue weighted by atomic mass is 32.2. The Bertz CT molecular complexity index is 622. The molecule has 0 radical (unpaired) electrons. The van der Waals surface area contributed by atoms with Crippen LogP contribution in [0.2, 0.25) is 0 Å². The van der Waals surface area contributed by atoms with E-state index in [4.69, 9.17) is 4.42 Å². The van der Waals surface area contributed by atoms with Gasteiger partial charge in [-0.2, -0.15) is 0 Å². The lowest BCUT2D eigenvalue weighted by Crippen LogP contribution is -2.50. The molecule has 0 spiro atoms. The summed E-state index contributed by atoms with van der Waals surface area (Å²) in [7, 11) is -2.32. The second-order valence-electron chi connectivity index (χ2n) is 4.31. The molecule has 3 N–H and O–H groups in total. The van der Waals surface area contributed by atoms with Crippen molar-refractivity contribution < 1.29 is 22.4 Å². The van der Waals surface area contributed by atoms with E-state index in [1.54, 1.807) is 0 Å². The van der Waals surface area contributed by atoms with Crippen molar-refractivity contribution in [3.63, 3.8) is 0 Å². The number of piperidine rings is 1. The number of nitrogens with one attached hydrogen (secondary N) is 3. The molecule has 0 aliphatic carbocycles. The standard InChI is InChI=1S/C11H15N3O5S/c1-12-20(17,18)10-5-2-7(19-10)6-13-8-3-4-9(15)14-11(8)16/h2,5,8,12-13H,3-4,6H2,1H3,(H,14,15,16). The minimum absolute atomic E-state index is 0.180. The summed E-state index contributed by atoms with van der Waals surface area (Å²) in [6.45, 7) is 0.200. The summed E-state index contributed by atoms with van der Waals surface area (Å²) in [5.41, 5.74) is 0. The molecule has 2 heterocycles. The van der Waals surface area contributed by atoms with Crippen LogP contribution in [-0.4, -0.2) is 33.3 Å². The van der Waals surface area contributed by atoms with Crippen molar-refractivity contribution in [3.05, 3.63) is 17.9 Å². The van der Waals surface area contributed by atoms with E-state index in [0.29, 0.717) is 12.2 Å².